The molecule has 0 unspecified atom stereocenters. The number of thiazole rings is 1. The zero-order valence-electron chi connectivity index (χ0n) is 14.0. The molecular formula is C15H28N4O2S. The molecule has 0 saturated carbocycles. The van der Waals surface area contributed by atoms with Gasteiger partial charge in [-0.2, -0.15) is 0 Å². The van der Waals surface area contributed by atoms with Gasteiger partial charge in [0.15, 0.2) is 5.96 Å². The van der Waals surface area contributed by atoms with Gasteiger partial charge >= 0.3 is 0 Å². The van der Waals surface area contributed by atoms with Crippen LogP contribution in [-0.2, 0) is 16.0 Å². The highest BCUT2D eigenvalue weighted by atomic mass is 32.1. The highest BCUT2D eigenvalue weighted by Crippen LogP contribution is 2.18. The third-order valence-corrected chi connectivity index (χ3v) is 3.70. The number of nitrogens with one attached hydrogen (secondary N) is 2. The van der Waals surface area contributed by atoms with Gasteiger partial charge in [0.1, 0.15) is 5.01 Å². The molecule has 0 radical (unpaired) electrons. The van der Waals surface area contributed by atoms with Gasteiger partial charge in [-0.25, -0.2) is 9.98 Å². The predicted octanol–water partition coefficient (Wildman–Crippen LogP) is 1.98. The zero-order chi connectivity index (χ0) is 16.2. The Morgan fingerprint density at radius 1 is 1.32 bits per heavy atom. The van der Waals surface area contributed by atoms with Crippen LogP contribution < -0.4 is 10.6 Å². The summed E-state index contributed by atoms with van der Waals surface area (Å²) in [5, 5.41) is 9.62. The highest BCUT2D eigenvalue weighted by Gasteiger charge is 2.05. The van der Waals surface area contributed by atoms with Crippen LogP contribution in [0.4, 0.5) is 0 Å². The molecule has 0 aliphatic heterocycles. The fourth-order valence-corrected chi connectivity index (χ4v) is 2.52. The summed E-state index contributed by atoms with van der Waals surface area (Å²) in [5.74, 6) is 1.25. The van der Waals surface area contributed by atoms with E-state index in [-0.39, 0.29) is 0 Å². The number of aliphatic imine (C=N–C) groups is 1. The van der Waals surface area contributed by atoms with Gasteiger partial charge in [0.25, 0.3) is 0 Å². The molecule has 7 heteroatoms. The first-order valence-corrected chi connectivity index (χ1v) is 8.58. The molecular weight excluding hydrogens is 300 g/mol. The first-order valence-electron chi connectivity index (χ1n) is 7.70. The second kappa shape index (κ2) is 11.4. The van der Waals surface area contributed by atoms with Crippen LogP contribution in [-0.4, -0.2) is 51.0 Å². The molecule has 1 rings (SSSR count). The van der Waals surface area contributed by atoms with Gasteiger partial charge in [-0.1, -0.05) is 13.8 Å². The Bertz CT molecular complexity index is 435. The summed E-state index contributed by atoms with van der Waals surface area (Å²) in [7, 11) is 1.67. The van der Waals surface area contributed by atoms with Crippen LogP contribution in [0.2, 0.25) is 0 Å². The van der Waals surface area contributed by atoms with E-state index in [0.29, 0.717) is 38.8 Å². The summed E-state index contributed by atoms with van der Waals surface area (Å²) in [5.41, 5.74) is 1.14. The van der Waals surface area contributed by atoms with E-state index >= 15 is 0 Å². The van der Waals surface area contributed by atoms with Crippen LogP contribution in [0.5, 0.6) is 0 Å². The number of methoxy groups -OCH3 is 1. The normalized spacial score (nSPS) is 12.0. The second-order valence-electron chi connectivity index (χ2n) is 5.05. The fourth-order valence-electron chi connectivity index (χ4n) is 1.64. The number of rotatable bonds is 10. The van der Waals surface area contributed by atoms with Gasteiger partial charge in [-0.3, -0.25) is 0 Å². The first kappa shape index (κ1) is 18.9. The van der Waals surface area contributed by atoms with Crippen LogP contribution in [0.3, 0.4) is 0 Å². The largest absolute Gasteiger partial charge is 0.382 e. The minimum Gasteiger partial charge on any atom is -0.382 e. The summed E-state index contributed by atoms with van der Waals surface area (Å²) < 4.78 is 10.3. The van der Waals surface area contributed by atoms with Crippen molar-refractivity contribution >= 4 is 17.3 Å². The van der Waals surface area contributed by atoms with E-state index in [9.17, 15) is 0 Å². The average molecular weight is 328 g/mol. The number of ether oxygens (including phenoxy) is 2. The third kappa shape index (κ3) is 7.72. The van der Waals surface area contributed by atoms with Gasteiger partial charge in [0, 0.05) is 25.6 Å². The molecule has 0 saturated heterocycles. The molecule has 1 aromatic rings. The molecule has 0 aliphatic carbocycles. The van der Waals surface area contributed by atoms with Crippen molar-refractivity contribution < 1.29 is 9.47 Å². The fraction of sp³-hybridized carbons (Fsp3) is 0.733. The number of hydrogen-bond acceptors (Lipinski definition) is 5. The van der Waals surface area contributed by atoms with E-state index in [1.807, 2.05) is 6.92 Å². The summed E-state index contributed by atoms with van der Waals surface area (Å²) in [6.45, 7) is 10.3. The highest BCUT2D eigenvalue weighted by molar-refractivity contribution is 7.09. The summed E-state index contributed by atoms with van der Waals surface area (Å²) in [6.07, 6.45) is 0. The maximum atomic E-state index is 5.41. The monoisotopic (exact) mass is 328 g/mol. The Balaban J connectivity index is 2.37. The molecule has 0 atom stereocenters. The van der Waals surface area contributed by atoms with Gasteiger partial charge in [0.05, 0.1) is 32.1 Å². The van der Waals surface area contributed by atoms with Crippen molar-refractivity contribution in [3.05, 3.63) is 16.1 Å². The Labute approximate surface area is 137 Å². The molecule has 0 fully saturated rings. The van der Waals surface area contributed by atoms with E-state index in [1.165, 1.54) is 0 Å². The molecule has 0 amide bonds. The van der Waals surface area contributed by atoms with Crippen LogP contribution >= 0.6 is 11.3 Å². The van der Waals surface area contributed by atoms with E-state index in [1.54, 1.807) is 18.4 Å². The maximum Gasteiger partial charge on any atom is 0.191 e. The Morgan fingerprint density at radius 3 is 2.77 bits per heavy atom. The quantitative estimate of drug-likeness (QED) is 0.390. The lowest BCUT2D eigenvalue weighted by atomic mass is 10.2. The molecule has 6 nitrogen and oxygen atoms in total. The zero-order valence-corrected chi connectivity index (χ0v) is 14.8. The molecule has 126 valence electrons. The van der Waals surface area contributed by atoms with Gasteiger partial charge in [-0.15, -0.1) is 11.3 Å². The van der Waals surface area contributed by atoms with Crippen molar-refractivity contribution in [1.29, 1.82) is 0 Å². The van der Waals surface area contributed by atoms with Crippen LogP contribution in [0.25, 0.3) is 0 Å². The van der Waals surface area contributed by atoms with Crippen LogP contribution in [0, 0.1) is 0 Å². The van der Waals surface area contributed by atoms with Crippen LogP contribution in [0.15, 0.2) is 10.4 Å². The maximum absolute atomic E-state index is 5.41. The van der Waals surface area contributed by atoms with E-state index in [4.69, 9.17) is 9.47 Å². The van der Waals surface area contributed by atoms with E-state index in [0.717, 1.165) is 23.2 Å². The molecule has 1 aromatic heterocycles. The minimum absolute atomic E-state index is 0.463. The molecule has 0 aliphatic rings. The van der Waals surface area contributed by atoms with Crippen molar-refractivity contribution in [2.75, 3.05) is 40.0 Å². The van der Waals surface area contributed by atoms with Gasteiger partial charge in [-0.05, 0) is 12.8 Å². The minimum atomic E-state index is 0.463. The third-order valence-electron chi connectivity index (χ3n) is 2.85. The summed E-state index contributed by atoms with van der Waals surface area (Å²) in [4.78, 5) is 9.14. The van der Waals surface area contributed by atoms with E-state index < -0.39 is 0 Å². The molecule has 0 aromatic carbocycles. The Hall–Kier alpha value is -1.18. The number of nitrogens with zero attached hydrogens (tertiary/aromatic N) is 2. The van der Waals surface area contributed by atoms with Crippen molar-refractivity contribution in [3.8, 4) is 0 Å². The molecule has 1 heterocycles. The van der Waals surface area contributed by atoms with Crippen molar-refractivity contribution in [1.82, 2.24) is 15.6 Å². The Morgan fingerprint density at radius 2 is 2.14 bits per heavy atom. The Kier molecular flexibility index (Phi) is 9.77. The molecule has 2 N–H and O–H groups in total. The molecule has 0 spiro atoms. The lowest BCUT2D eigenvalue weighted by Crippen LogP contribution is -2.39. The lowest BCUT2D eigenvalue weighted by Gasteiger charge is -2.11. The summed E-state index contributed by atoms with van der Waals surface area (Å²) in [6, 6.07) is 0. The smallest absolute Gasteiger partial charge is 0.191 e. The second-order valence-corrected chi connectivity index (χ2v) is 5.99. The van der Waals surface area contributed by atoms with Crippen molar-refractivity contribution in [2.24, 2.45) is 4.99 Å². The number of guanidine groups is 1. The lowest BCUT2D eigenvalue weighted by molar-refractivity contribution is 0.0733. The average Bonchev–Trinajstić information content (AvgIpc) is 2.97. The van der Waals surface area contributed by atoms with Crippen LogP contribution in [0.1, 0.15) is 37.4 Å². The van der Waals surface area contributed by atoms with Crippen molar-refractivity contribution in [2.45, 2.75) is 33.2 Å². The molecule has 22 heavy (non-hydrogen) atoms. The number of hydrogen-bond donors (Lipinski definition) is 2. The van der Waals surface area contributed by atoms with Gasteiger partial charge < -0.3 is 20.1 Å². The standard InChI is InChI=1S/C15H28N4O2S/c1-5-16-15(17-6-7-21-9-8-20-4)18-10-14-19-13(11-22-14)12(2)3/h11-12H,5-10H2,1-4H3,(H2,16,17,18). The summed E-state index contributed by atoms with van der Waals surface area (Å²) >= 11 is 1.66. The SMILES string of the molecule is CCNC(=NCc1nc(C(C)C)cs1)NCCOCCOC. The van der Waals surface area contributed by atoms with E-state index in [2.05, 4.69) is 39.8 Å². The van der Waals surface area contributed by atoms with Crippen molar-refractivity contribution in [3.63, 3.8) is 0 Å². The topological polar surface area (TPSA) is 67.8 Å². The molecule has 0 bridgehead atoms. The van der Waals surface area contributed by atoms with Gasteiger partial charge in [0.2, 0.25) is 0 Å². The predicted molar refractivity (Wildman–Crippen MR) is 91.7 cm³/mol. The number of aromatic nitrogens is 1. The first-order chi connectivity index (χ1) is 10.7.